The van der Waals surface area contributed by atoms with Crippen molar-refractivity contribution in [2.45, 2.75) is 12.8 Å². The number of aromatic nitrogens is 1. The molecule has 2 rings (SSSR count). The summed E-state index contributed by atoms with van der Waals surface area (Å²) >= 11 is 3.13. The lowest BCUT2D eigenvalue weighted by atomic mass is 10.1. The minimum absolute atomic E-state index is 0.0268. The van der Waals surface area contributed by atoms with Gasteiger partial charge in [0.05, 0.1) is 19.2 Å². The Morgan fingerprint density at radius 3 is 3.11 bits per heavy atom. The molecule has 1 fully saturated rings. The second-order valence-electron chi connectivity index (χ2n) is 3.95. The van der Waals surface area contributed by atoms with Crippen LogP contribution < -0.4 is 5.32 Å². The summed E-state index contributed by atoms with van der Waals surface area (Å²) in [5.74, 6) is 1.71. The van der Waals surface area contributed by atoms with E-state index in [1.54, 1.807) is 17.1 Å². The summed E-state index contributed by atoms with van der Waals surface area (Å²) < 4.78 is 4.56. The summed E-state index contributed by atoms with van der Waals surface area (Å²) in [6.45, 7) is 0. The molecular formula is C11H14N2O3S2. The van der Waals surface area contributed by atoms with Gasteiger partial charge in [-0.25, -0.2) is 4.98 Å². The van der Waals surface area contributed by atoms with Gasteiger partial charge in [-0.3, -0.25) is 9.59 Å². The highest BCUT2D eigenvalue weighted by Gasteiger charge is 2.23. The molecule has 1 amide bonds. The normalized spacial score (nSPS) is 18.6. The molecule has 0 bridgehead atoms. The molecule has 0 saturated carbocycles. The van der Waals surface area contributed by atoms with E-state index in [9.17, 15) is 9.59 Å². The molecule has 18 heavy (non-hydrogen) atoms. The Labute approximate surface area is 113 Å². The molecule has 0 spiro atoms. The van der Waals surface area contributed by atoms with Gasteiger partial charge in [0.1, 0.15) is 0 Å². The van der Waals surface area contributed by atoms with Crippen molar-refractivity contribution in [1.82, 2.24) is 4.98 Å². The Hall–Kier alpha value is -1.08. The van der Waals surface area contributed by atoms with Crippen LogP contribution in [-0.2, 0) is 20.7 Å². The Bertz CT molecular complexity index is 441. The number of methoxy groups -OCH3 is 1. The number of nitrogens with zero attached hydrogens (tertiary/aromatic N) is 1. The molecule has 0 aliphatic carbocycles. The standard InChI is InChI=1S/C11H14N2O3S2/c1-16-9(14)4-8-6-18-11(12-8)13-10(15)7-2-3-17-5-7/h6-7H,2-5H2,1H3,(H,12,13,15). The quantitative estimate of drug-likeness (QED) is 0.851. The summed E-state index contributed by atoms with van der Waals surface area (Å²) in [5, 5.41) is 5.11. The molecule has 0 radical (unpaired) electrons. The smallest absolute Gasteiger partial charge is 0.311 e. The zero-order chi connectivity index (χ0) is 13.0. The van der Waals surface area contributed by atoms with Gasteiger partial charge >= 0.3 is 5.97 Å². The summed E-state index contributed by atoms with van der Waals surface area (Å²) in [7, 11) is 1.34. The molecule has 98 valence electrons. The van der Waals surface area contributed by atoms with Gasteiger partial charge in [0.15, 0.2) is 5.13 Å². The fourth-order valence-corrected chi connectivity index (χ4v) is 3.55. The average molecular weight is 286 g/mol. The SMILES string of the molecule is COC(=O)Cc1csc(NC(=O)C2CCSC2)n1. The van der Waals surface area contributed by atoms with Gasteiger partial charge < -0.3 is 10.1 Å². The minimum atomic E-state index is -0.328. The summed E-state index contributed by atoms with van der Waals surface area (Å²) in [6, 6.07) is 0. The number of esters is 1. The number of carbonyl (C=O) groups is 2. The average Bonchev–Trinajstić information content (AvgIpc) is 3.00. The summed E-state index contributed by atoms with van der Waals surface area (Å²) in [6.07, 6.45) is 1.07. The largest absolute Gasteiger partial charge is 0.469 e. The first-order valence-corrected chi connectivity index (χ1v) is 7.62. The zero-order valence-electron chi connectivity index (χ0n) is 9.97. The third-order valence-corrected chi connectivity index (χ3v) is 4.60. The van der Waals surface area contributed by atoms with E-state index in [0.717, 1.165) is 17.9 Å². The minimum Gasteiger partial charge on any atom is -0.469 e. The highest BCUT2D eigenvalue weighted by molar-refractivity contribution is 7.99. The van der Waals surface area contributed by atoms with Crippen LogP contribution in [0.25, 0.3) is 0 Å². The van der Waals surface area contributed by atoms with Crippen LogP contribution in [0.5, 0.6) is 0 Å². The van der Waals surface area contributed by atoms with Crippen LogP contribution in [0.3, 0.4) is 0 Å². The van der Waals surface area contributed by atoms with Crippen LogP contribution in [0.15, 0.2) is 5.38 Å². The zero-order valence-corrected chi connectivity index (χ0v) is 11.6. The predicted molar refractivity (Wildman–Crippen MR) is 71.9 cm³/mol. The van der Waals surface area contributed by atoms with Crippen molar-refractivity contribution < 1.29 is 14.3 Å². The van der Waals surface area contributed by atoms with Crippen LogP contribution in [-0.4, -0.2) is 35.5 Å². The van der Waals surface area contributed by atoms with Gasteiger partial charge in [-0.1, -0.05) is 0 Å². The van der Waals surface area contributed by atoms with Gasteiger partial charge in [0.2, 0.25) is 5.91 Å². The molecule has 1 aromatic heterocycles. The third kappa shape index (κ3) is 3.46. The van der Waals surface area contributed by atoms with Crippen molar-refractivity contribution in [2.75, 3.05) is 23.9 Å². The number of anilines is 1. The molecule has 1 saturated heterocycles. The molecule has 1 unspecified atom stereocenters. The van der Waals surface area contributed by atoms with Crippen molar-refractivity contribution >= 4 is 40.1 Å². The van der Waals surface area contributed by atoms with E-state index in [4.69, 9.17) is 0 Å². The van der Waals surface area contributed by atoms with E-state index in [1.165, 1.54) is 18.4 Å². The van der Waals surface area contributed by atoms with Gasteiger partial charge in [-0.15, -0.1) is 11.3 Å². The third-order valence-electron chi connectivity index (χ3n) is 2.64. The summed E-state index contributed by atoms with van der Waals surface area (Å²) in [4.78, 5) is 27.1. The maximum absolute atomic E-state index is 11.9. The maximum atomic E-state index is 11.9. The maximum Gasteiger partial charge on any atom is 0.311 e. The molecule has 1 aliphatic rings. The van der Waals surface area contributed by atoms with Gasteiger partial charge in [0, 0.05) is 17.1 Å². The van der Waals surface area contributed by atoms with Crippen LogP contribution in [0, 0.1) is 5.92 Å². The molecule has 1 N–H and O–H groups in total. The van der Waals surface area contributed by atoms with Crippen molar-refractivity contribution in [3.63, 3.8) is 0 Å². The fourth-order valence-electron chi connectivity index (χ4n) is 1.61. The number of carbonyl (C=O) groups excluding carboxylic acids is 2. The number of hydrogen-bond donors (Lipinski definition) is 1. The van der Waals surface area contributed by atoms with Crippen LogP contribution in [0.2, 0.25) is 0 Å². The number of nitrogens with one attached hydrogen (secondary N) is 1. The van der Waals surface area contributed by atoms with E-state index in [0.29, 0.717) is 10.8 Å². The van der Waals surface area contributed by atoms with E-state index in [2.05, 4.69) is 15.0 Å². The van der Waals surface area contributed by atoms with Crippen LogP contribution in [0.1, 0.15) is 12.1 Å². The molecule has 2 heterocycles. The second-order valence-corrected chi connectivity index (χ2v) is 5.95. The first-order chi connectivity index (χ1) is 8.69. The number of thioether (sulfide) groups is 1. The molecule has 1 atom stereocenters. The van der Waals surface area contributed by atoms with Gasteiger partial charge in [0.25, 0.3) is 0 Å². The molecule has 1 aromatic rings. The number of ether oxygens (including phenoxy) is 1. The lowest BCUT2D eigenvalue weighted by Crippen LogP contribution is -2.22. The number of thiazole rings is 1. The number of hydrogen-bond acceptors (Lipinski definition) is 6. The van der Waals surface area contributed by atoms with E-state index in [-0.39, 0.29) is 24.2 Å². The van der Waals surface area contributed by atoms with Gasteiger partial charge in [-0.05, 0) is 12.2 Å². The molecule has 5 nitrogen and oxygen atoms in total. The van der Waals surface area contributed by atoms with Crippen LogP contribution >= 0.6 is 23.1 Å². The highest BCUT2D eigenvalue weighted by Crippen LogP contribution is 2.25. The predicted octanol–water partition coefficient (Wildman–Crippen LogP) is 1.55. The molecule has 0 aromatic carbocycles. The lowest BCUT2D eigenvalue weighted by molar-refractivity contribution is -0.139. The van der Waals surface area contributed by atoms with Gasteiger partial charge in [-0.2, -0.15) is 11.8 Å². The fraction of sp³-hybridized carbons (Fsp3) is 0.545. The number of rotatable bonds is 4. The van der Waals surface area contributed by atoms with Crippen LogP contribution in [0.4, 0.5) is 5.13 Å². The van der Waals surface area contributed by atoms with E-state index in [1.807, 2.05) is 0 Å². The lowest BCUT2D eigenvalue weighted by Gasteiger charge is -2.06. The monoisotopic (exact) mass is 286 g/mol. The Kier molecular flexibility index (Phi) is 4.60. The molecule has 1 aliphatic heterocycles. The number of amides is 1. The Balaban J connectivity index is 1.89. The Morgan fingerprint density at radius 2 is 2.44 bits per heavy atom. The molecular weight excluding hydrogens is 272 g/mol. The second kappa shape index (κ2) is 6.19. The topological polar surface area (TPSA) is 68.3 Å². The van der Waals surface area contributed by atoms with E-state index < -0.39 is 0 Å². The summed E-state index contributed by atoms with van der Waals surface area (Å²) in [5.41, 5.74) is 0.628. The highest BCUT2D eigenvalue weighted by atomic mass is 32.2. The van der Waals surface area contributed by atoms with E-state index >= 15 is 0 Å². The molecule has 7 heteroatoms. The first-order valence-electron chi connectivity index (χ1n) is 5.59. The van der Waals surface area contributed by atoms with Crippen molar-refractivity contribution in [2.24, 2.45) is 5.92 Å². The Morgan fingerprint density at radius 1 is 1.61 bits per heavy atom. The first kappa shape index (κ1) is 13.4. The van der Waals surface area contributed by atoms with Crippen molar-refractivity contribution in [3.05, 3.63) is 11.1 Å². The van der Waals surface area contributed by atoms with Crippen molar-refractivity contribution in [3.8, 4) is 0 Å². The van der Waals surface area contributed by atoms with Crippen molar-refractivity contribution in [1.29, 1.82) is 0 Å².